The molecular weight excluding hydrogens is 190 g/mol. The summed E-state index contributed by atoms with van der Waals surface area (Å²) in [5.41, 5.74) is 5.75. The molecule has 1 fully saturated rings. The second-order valence-corrected chi connectivity index (χ2v) is 4.50. The van der Waals surface area contributed by atoms with Gasteiger partial charge in [-0.3, -0.25) is 4.79 Å². The largest absolute Gasteiger partial charge is 0.341 e. The van der Waals surface area contributed by atoms with Crippen molar-refractivity contribution in [3.63, 3.8) is 0 Å². The summed E-state index contributed by atoms with van der Waals surface area (Å²) in [6.07, 6.45) is 2.85. The highest BCUT2D eigenvalue weighted by molar-refractivity contribution is 5.81. The Balaban J connectivity index is 2.46. The maximum Gasteiger partial charge on any atom is 0.239 e. The third kappa shape index (κ3) is 3.18. The molecule has 1 aliphatic heterocycles. The lowest BCUT2D eigenvalue weighted by atomic mass is 10.0. The first kappa shape index (κ1) is 12.5. The SMILES string of the molecule is CC[C@H](N)C(=O)N(C)C1CCN(C)CC1. The molecule has 4 heteroatoms. The lowest BCUT2D eigenvalue weighted by molar-refractivity contribution is -0.134. The monoisotopic (exact) mass is 213 g/mol. The molecule has 1 saturated heterocycles. The molecule has 0 bridgehead atoms. The molecular formula is C11H23N3O. The van der Waals surface area contributed by atoms with E-state index in [1.165, 1.54) is 0 Å². The number of piperidine rings is 1. The van der Waals surface area contributed by atoms with Gasteiger partial charge in [-0.05, 0) is 39.4 Å². The van der Waals surface area contributed by atoms with E-state index in [2.05, 4.69) is 11.9 Å². The normalized spacial score (nSPS) is 21.3. The minimum Gasteiger partial charge on any atom is -0.341 e. The van der Waals surface area contributed by atoms with Crippen molar-refractivity contribution in [2.45, 2.75) is 38.3 Å². The molecule has 0 aromatic heterocycles. The molecule has 0 aromatic carbocycles. The van der Waals surface area contributed by atoms with E-state index in [1.54, 1.807) is 0 Å². The van der Waals surface area contributed by atoms with Gasteiger partial charge < -0.3 is 15.5 Å². The van der Waals surface area contributed by atoms with E-state index in [-0.39, 0.29) is 11.9 Å². The van der Waals surface area contributed by atoms with Crippen LogP contribution in [0, 0.1) is 0 Å². The molecule has 0 aromatic rings. The third-order valence-electron chi connectivity index (χ3n) is 3.34. The second kappa shape index (κ2) is 5.47. The van der Waals surface area contributed by atoms with Crippen molar-refractivity contribution in [2.24, 2.45) is 5.73 Å². The molecule has 1 atom stereocenters. The Labute approximate surface area is 92.4 Å². The summed E-state index contributed by atoms with van der Waals surface area (Å²) in [7, 11) is 4.00. The predicted octanol–water partition coefficient (Wildman–Crippen LogP) is 0.276. The Morgan fingerprint density at radius 1 is 1.53 bits per heavy atom. The van der Waals surface area contributed by atoms with Gasteiger partial charge in [-0.25, -0.2) is 0 Å². The molecule has 1 rings (SSSR count). The summed E-state index contributed by atoms with van der Waals surface area (Å²) in [5.74, 6) is 0.0899. The van der Waals surface area contributed by atoms with Gasteiger partial charge >= 0.3 is 0 Å². The van der Waals surface area contributed by atoms with Crippen molar-refractivity contribution in [3.05, 3.63) is 0 Å². The van der Waals surface area contributed by atoms with Crippen LogP contribution in [0.4, 0.5) is 0 Å². The van der Waals surface area contributed by atoms with E-state index >= 15 is 0 Å². The molecule has 2 N–H and O–H groups in total. The van der Waals surface area contributed by atoms with Crippen LogP contribution in [0.2, 0.25) is 0 Å². The number of carbonyl (C=O) groups is 1. The van der Waals surface area contributed by atoms with Crippen LogP contribution in [-0.4, -0.2) is 55.0 Å². The second-order valence-electron chi connectivity index (χ2n) is 4.50. The van der Waals surface area contributed by atoms with E-state index in [0.717, 1.165) is 32.4 Å². The topological polar surface area (TPSA) is 49.6 Å². The van der Waals surface area contributed by atoms with E-state index in [9.17, 15) is 4.79 Å². The smallest absolute Gasteiger partial charge is 0.239 e. The summed E-state index contributed by atoms with van der Waals surface area (Å²) in [6.45, 7) is 4.10. The zero-order chi connectivity index (χ0) is 11.4. The number of likely N-dealkylation sites (N-methyl/N-ethyl adjacent to an activating group) is 1. The van der Waals surface area contributed by atoms with Gasteiger partial charge in [0.1, 0.15) is 0 Å². The Morgan fingerprint density at radius 2 is 2.07 bits per heavy atom. The summed E-state index contributed by atoms with van der Waals surface area (Å²) in [5, 5.41) is 0. The molecule has 15 heavy (non-hydrogen) atoms. The van der Waals surface area contributed by atoms with Crippen molar-refractivity contribution >= 4 is 5.91 Å². The maximum atomic E-state index is 11.8. The van der Waals surface area contributed by atoms with Crippen molar-refractivity contribution in [3.8, 4) is 0 Å². The quantitative estimate of drug-likeness (QED) is 0.732. The van der Waals surface area contributed by atoms with Gasteiger partial charge in [0.15, 0.2) is 0 Å². The van der Waals surface area contributed by atoms with Gasteiger partial charge in [-0.2, -0.15) is 0 Å². The molecule has 0 unspecified atom stereocenters. The summed E-state index contributed by atoms with van der Waals surface area (Å²) in [4.78, 5) is 16.0. The van der Waals surface area contributed by atoms with Crippen LogP contribution >= 0.6 is 0 Å². The van der Waals surface area contributed by atoms with Crippen molar-refractivity contribution in [1.82, 2.24) is 9.80 Å². The van der Waals surface area contributed by atoms with Gasteiger partial charge in [0, 0.05) is 13.1 Å². The first-order valence-corrected chi connectivity index (χ1v) is 5.77. The van der Waals surface area contributed by atoms with Gasteiger partial charge in [-0.1, -0.05) is 6.92 Å². The number of rotatable bonds is 3. The molecule has 0 radical (unpaired) electrons. The Kier molecular flexibility index (Phi) is 4.54. The van der Waals surface area contributed by atoms with E-state index in [4.69, 9.17) is 5.73 Å². The first-order valence-electron chi connectivity index (χ1n) is 5.77. The van der Waals surface area contributed by atoms with Crippen LogP contribution in [-0.2, 0) is 4.79 Å². The Morgan fingerprint density at radius 3 is 2.53 bits per heavy atom. The molecule has 1 aliphatic rings. The van der Waals surface area contributed by atoms with E-state index in [0.29, 0.717) is 6.04 Å². The number of hydrogen-bond donors (Lipinski definition) is 1. The van der Waals surface area contributed by atoms with Crippen LogP contribution < -0.4 is 5.73 Å². The zero-order valence-corrected chi connectivity index (χ0v) is 10.1. The number of hydrogen-bond acceptors (Lipinski definition) is 3. The average molecular weight is 213 g/mol. The average Bonchev–Trinajstić information content (AvgIpc) is 2.27. The highest BCUT2D eigenvalue weighted by Crippen LogP contribution is 2.14. The molecule has 0 saturated carbocycles. The van der Waals surface area contributed by atoms with Crippen LogP contribution in [0.1, 0.15) is 26.2 Å². The van der Waals surface area contributed by atoms with Crippen LogP contribution in [0.5, 0.6) is 0 Å². The summed E-state index contributed by atoms with van der Waals surface area (Å²) >= 11 is 0. The first-order chi connectivity index (χ1) is 7.06. The predicted molar refractivity (Wildman–Crippen MR) is 61.6 cm³/mol. The zero-order valence-electron chi connectivity index (χ0n) is 10.1. The minimum absolute atomic E-state index is 0.0899. The highest BCUT2D eigenvalue weighted by Gasteiger charge is 2.26. The number of likely N-dealkylation sites (tertiary alicyclic amines) is 1. The van der Waals surface area contributed by atoms with Crippen molar-refractivity contribution in [2.75, 3.05) is 27.2 Å². The summed E-state index contributed by atoms with van der Waals surface area (Å²) in [6, 6.07) is 0.0564. The molecule has 1 amide bonds. The van der Waals surface area contributed by atoms with Gasteiger partial charge in [0.25, 0.3) is 0 Å². The minimum atomic E-state index is -0.324. The lowest BCUT2D eigenvalue weighted by Gasteiger charge is -2.36. The van der Waals surface area contributed by atoms with Gasteiger partial charge in [0.2, 0.25) is 5.91 Å². The Bertz CT molecular complexity index is 212. The fourth-order valence-electron chi connectivity index (χ4n) is 2.00. The fourth-order valence-corrected chi connectivity index (χ4v) is 2.00. The molecule has 88 valence electrons. The third-order valence-corrected chi connectivity index (χ3v) is 3.34. The highest BCUT2D eigenvalue weighted by atomic mass is 16.2. The van der Waals surface area contributed by atoms with Crippen molar-refractivity contribution in [1.29, 1.82) is 0 Å². The maximum absolute atomic E-state index is 11.8. The van der Waals surface area contributed by atoms with Crippen LogP contribution in [0.15, 0.2) is 0 Å². The fraction of sp³-hybridized carbons (Fsp3) is 0.909. The number of amides is 1. The molecule has 0 spiro atoms. The van der Waals surface area contributed by atoms with E-state index < -0.39 is 0 Å². The van der Waals surface area contributed by atoms with E-state index in [1.807, 2.05) is 18.9 Å². The van der Waals surface area contributed by atoms with Crippen molar-refractivity contribution < 1.29 is 4.79 Å². The van der Waals surface area contributed by atoms with Gasteiger partial charge in [0.05, 0.1) is 6.04 Å². The lowest BCUT2D eigenvalue weighted by Crippen LogP contribution is -2.49. The number of carbonyl (C=O) groups excluding carboxylic acids is 1. The number of nitrogens with zero attached hydrogens (tertiary/aromatic N) is 2. The summed E-state index contributed by atoms with van der Waals surface area (Å²) < 4.78 is 0. The molecule has 0 aliphatic carbocycles. The van der Waals surface area contributed by atoms with Crippen LogP contribution in [0.25, 0.3) is 0 Å². The molecule has 1 heterocycles. The standard InChI is InChI=1S/C11H23N3O/c1-4-10(12)11(15)14(3)9-5-7-13(2)8-6-9/h9-10H,4-8,12H2,1-3H3/t10-/m0/s1. The van der Waals surface area contributed by atoms with Crippen LogP contribution in [0.3, 0.4) is 0 Å². The Hall–Kier alpha value is -0.610. The van der Waals surface area contributed by atoms with Gasteiger partial charge in [-0.15, -0.1) is 0 Å². The number of nitrogens with two attached hydrogens (primary N) is 1. The molecule has 4 nitrogen and oxygen atoms in total.